The van der Waals surface area contributed by atoms with Gasteiger partial charge in [-0.2, -0.15) is 0 Å². The van der Waals surface area contributed by atoms with Crippen LogP contribution in [0, 0.1) is 0 Å². The standard InChI is InChI=1S/C17H26N2O2/c1-4-6-13-19(12-5-2)17(20)18-11-10-15-8-7-9-16(14-15)21-3/h7-11,14H,4-6,12-13H2,1-3H3,(H,18,20)/b11-10+. The lowest BCUT2D eigenvalue weighted by molar-refractivity contribution is 0.200. The first kappa shape index (κ1) is 17.1. The highest BCUT2D eigenvalue weighted by Crippen LogP contribution is 2.13. The molecule has 0 fully saturated rings. The Morgan fingerprint density at radius 2 is 2.10 bits per heavy atom. The molecule has 1 rings (SSSR count). The molecule has 21 heavy (non-hydrogen) atoms. The van der Waals surface area contributed by atoms with E-state index >= 15 is 0 Å². The molecule has 0 aliphatic rings. The Balaban J connectivity index is 2.54. The summed E-state index contributed by atoms with van der Waals surface area (Å²) < 4.78 is 5.17. The molecule has 0 bridgehead atoms. The molecule has 0 saturated heterocycles. The third kappa shape index (κ3) is 6.34. The van der Waals surface area contributed by atoms with E-state index in [1.165, 1.54) is 0 Å². The number of hydrogen-bond donors (Lipinski definition) is 1. The summed E-state index contributed by atoms with van der Waals surface area (Å²) in [5, 5.41) is 2.83. The van der Waals surface area contributed by atoms with Gasteiger partial charge in [0, 0.05) is 19.3 Å². The number of rotatable bonds is 8. The highest BCUT2D eigenvalue weighted by atomic mass is 16.5. The predicted molar refractivity (Wildman–Crippen MR) is 87.3 cm³/mol. The molecule has 116 valence electrons. The van der Waals surface area contributed by atoms with Crippen LogP contribution in [0.5, 0.6) is 5.75 Å². The molecule has 0 aliphatic heterocycles. The maximum atomic E-state index is 12.1. The van der Waals surface area contributed by atoms with E-state index in [1.807, 2.05) is 35.2 Å². The Morgan fingerprint density at radius 1 is 1.29 bits per heavy atom. The lowest BCUT2D eigenvalue weighted by Crippen LogP contribution is -2.38. The fourth-order valence-electron chi connectivity index (χ4n) is 1.98. The minimum Gasteiger partial charge on any atom is -0.497 e. The second-order valence-corrected chi connectivity index (χ2v) is 4.90. The van der Waals surface area contributed by atoms with Gasteiger partial charge in [0.25, 0.3) is 0 Å². The molecule has 0 spiro atoms. The van der Waals surface area contributed by atoms with Crippen LogP contribution in [0.3, 0.4) is 0 Å². The quantitative estimate of drug-likeness (QED) is 0.789. The van der Waals surface area contributed by atoms with Crippen LogP contribution in [-0.4, -0.2) is 31.1 Å². The highest BCUT2D eigenvalue weighted by Gasteiger charge is 2.09. The van der Waals surface area contributed by atoms with Crippen molar-refractivity contribution < 1.29 is 9.53 Å². The van der Waals surface area contributed by atoms with Gasteiger partial charge in [0.1, 0.15) is 5.75 Å². The van der Waals surface area contributed by atoms with Gasteiger partial charge < -0.3 is 15.0 Å². The van der Waals surface area contributed by atoms with Crippen molar-refractivity contribution in [1.82, 2.24) is 10.2 Å². The van der Waals surface area contributed by atoms with Gasteiger partial charge in [0.2, 0.25) is 0 Å². The Hall–Kier alpha value is -1.97. The number of ether oxygens (including phenoxy) is 1. The molecular formula is C17H26N2O2. The van der Waals surface area contributed by atoms with E-state index in [1.54, 1.807) is 13.3 Å². The molecule has 1 N–H and O–H groups in total. The molecule has 0 aliphatic carbocycles. The van der Waals surface area contributed by atoms with Gasteiger partial charge in [-0.1, -0.05) is 32.4 Å². The minimum atomic E-state index is -0.0375. The SMILES string of the molecule is CCCCN(CCC)C(=O)N/C=C/c1cccc(OC)c1. The smallest absolute Gasteiger partial charge is 0.321 e. The maximum absolute atomic E-state index is 12.1. The van der Waals surface area contributed by atoms with Crippen molar-refractivity contribution in [3.63, 3.8) is 0 Å². The zero-order valence-electron chi connectivity index (χ0n) is 13.3. The Bertz CT molecular complexity index is 458. The molecule has 4 heteroatoms. The van der Waals surface area contributed by atoms with Crippen molar-refractivity contribution in [3.8, 4) is 5.75 Å². The first-order valence-electron chi connectivity index (χ1n) is 7.57. The number of urea groups is 1. The normalized spacial score (nSPS) is 10.6. The first-order chi connectivity index (χ1) is 10.2. The fraction of sp³-hybridized carbons (Fsp3) is 0.471. The predicted octanol–water partition coefficient (Wildman–Crippen LogP) is 3.89. The summed E-state index contributed by atoms with van der Waals surface area (Å²) in [5.74, 6) is 0.805. The number of benzene rings is 1. The van der Waals surface area contributed by atoms with Gasteiger partial charge >= 0.3 is 6.03 Å². The molecular weight excluding hydrogens is 264 g/mol. The van der Waals surface area contributed by atoms with Crippen molar-refractivity contribution in [2.45, 2.75) is 33.1 Å². The monoisotopic (exact) mass is 290 g/mol. The lowest BCUT2D eigenvalue weighted by Gasteiger charge is -2.21. The van der Waals surface area contributed by atoms with Crippen molar-refractivity contribution in [3.05, 3.63) is 36.0 Å². The summed E-state index contributed by atoms with van der Waals surface area (Å²) in [7, 11) is 1.64. The fourth-order valence-corrected chi connectivity index (χ4v) is 1.98. The minimum absolute atomic E-state index is 0.0375. The van der Waals surface area contributed by atoms with E-state index in [9.17, 15) is 4.79 Å². The maximum Gasteiger partial charge on any atom is 0.321 e. The molecule has 0 radical (unpaired) electrons. The van der Waals surface area contributed by atoms with Crippen molar-refractivity contribution >= 4 is 12.1 Å². The van der Waals surface area contributed by atoms with E-state index in [2.05, 4.69) is 19.2 Å². The average Bonchev–Trinajstić information content (AvgIpc) is 2.51. The van der Waals surface area contributed by atoms with E-state index < -0.39 is 0 Å². The molecule has 1 aromatic carbocycles. The number of carbonyl (C=O) groups excluding carboxylic acids is 1. The number of nitrogens with zero attached hydrogens (tertiary/aromatic N) is 1. The second-order valence-electron chi connectivity index (χ2n) is 4.90. The third-order valence-electron chi connectivity index (χ3n) is 3.14. The van der Waals surface area contributed by atoms with Crippen LogP contribution in [0.25, 0.3) is 6.08 Å². The molecule has 2 amide bonds. The van der Waals surface area contributed by atoms with Gasteiger partial charge in [0.05, 0.1) is 7.11 Å². The van der Waals surface area contributed by atoms with Gasteiger partial charge in [-0.15, -0.1) is 0 Å². The van der Waals surface area contributed by atoms with Crippen LogP contribution < -0.4 is 10.1 Å². The van der Waals surface area contributed by atoms with Crippen LogP contribution in [0.1, 0.15) is 38.7 Å². The summed E-state index contributed by atoms with van der Waals surface area (Å²) in [6, 6.07) is 7.66. The number of carbonyl (C=O) groups is 1. The van der Waals surface area contributed by atoms with E-state index in [0.717, 1.165) is 43.7 Å². The number of nitrogens with one attached hydrogen (secondary N) is 1. The summed E-state index contributed by atoms with van der Waals surface area (Å²) >= 11 is 0. The van der Waals surface area contributed by atoms with Crippen molar-refractivity contribution in [1.29, 1.82) is 0 Å². The average molecular weight is 290 g/mol. The number of hydrogen-bond acceptors (Lipinski definition) is 2. The molecule has 0 saturated carbocycles. The molecule has 0 unspecified atom stereocenters. The molecule has 0 atom stereocenters. The Labute approximate surface area is 127 Å². The van der Waals surface area contributed by atoms with E-state index in [4.69, 9.17) is 4.74 Å². The van der Waals surface area contributed by atoms with Gasteiger partial charge in [-0.25, -0.2) is 4.79 Å². The van der Waals surface area contributed by atoms with Crippen molar-refractivity contribution in [2.75, 3.05) is 20.2 Å². The topological polar surface area (TPSA) is 41.6 Å². The molecule has 0 aromatic heterocycles. The zero-order chi connectivity index (χ0) is 15.5. The van der Waals surface area contributed by atoms with Gasteiger partial charge in [-0.3, -0.25) is 0 Å². The van der Waals surface area contributed by atoms with Crippen LogP contribution in [0.2, 0.25) is 0 Å². The van der Waals surface area contributed by atoms with E-state index in [-0.39, 0.29) is 6.03 Å². The summed E-state index contributed by atoms with van der Waals surface area (Å²) in [4.78, 5) is 14.0. The Kier molecular flexibility index (Phi) is 8.02. The Morgan fingerprint density at radius 3 is 2.76 bits per heavy atom. The second kappa shape index (κ2) is 9.86. The zero-order valence-corrected chi connectivity index (χ0v) is 13.3. The summed E-state index contributed by atoms with van der Waals surface area (Å²) in [5.41, 5.74) is 0.991. The number of amides is 2. The molecule has 1 aromatic rings. The van der Waals surface area contributed by atoms with Crippen LogP contribution in [0.15, 0.2) is 30.5 Å². The van der Waals surface area contributed by atoms with Crippen LogP contribution in [0.4, 0.5) is 4.79 Å². The van der Waals surface area contributed by atoms with Gasteiger partial charge in [-0.05, 0) is 36.6 Å². The summed E-state index contributed by atoms with van der Waals surface area (Å²) in [6.07, 6.45) is 6.65. The largest absolute Gasteiger partial charge is 0.497 e. The molecule has 0 heterocycles. The van der Waals surface area contributed by atoms with Crippen molar-refractivity contribution in [2.24, 2.45) is 0 Å². The van der Waals surface area contributed by atoms with Gasteiger partial charge in [0.15, 0.2) is 0 Å². The number of unbranched alkanes of at least 4 members (excludes halogenated alkanes) is 1. The van der Waals surface area contributed by atoms with Crippen LogP contribution in [-0.2, 0) is 0 Å². The lowest BCUT2D eigenvalue weighted by atomic mass is 10.2. The highest BCUT2D eigenvalue weighted by molar-refractivity contribution is 5.76. The molecule has 4 nitrogen and oxygen atoms in total. The third-order valence-corrected chi connectivity index (χ3v) is 3.14. The first-order valence-corrected chi connectivity index (χ1v) is 7.57. The van der Waals surface area contributed by atoms with Crippen LogP contribution >= 0.6 is 0 Å². The number of methoxy groups -OCH3 is 1. The summed E-state index contributed by atoms with van der Waals surface area (Å²) in [6.45, 7) is 5.81. The van der Waals surface area contributed by atoms with E-state index in [0.29, 0.717) is 0 Å².